The van der Waals surface area contributed by atoms with Gasteiger partial charge in [-0.25, -0.2) is 0 Å². The van der Waals surface area contributed by atoms with E-state index in [2.05, 4.69) is 11.1 Å². The van der Waals surface area contributed by atoms with Crippen LogP contribution in [-0.4, -0.2) is 33.0 Å². The molecule has 3 rings (SSSR count). The van der Waals surface area contributed by atoms with Crippen LogP contribution in [0.1, 0.15) is 10.4 Å². The summed E-state index contributed by atoms with van der Waals surface area (Å²) in [5.41, 5.74) is 1.99. The van der Waals surface area contributed by atoms with E-state index < -0.39 is 0 Å². The molecule has 0 saturated carbocycles. The molecule has 3 aromatic rings. The van der Waals surface area contributed by atoms with Crippen molar-refractivity contribution in [3.63, 3.8) is 0 Å². The first-order chi connectivity index (χ1) is 10.3. The molecule has 0 aliphatic heterocycles. The van der Waals surface area contributed by atoms with E-state index in [1.54, 1.807) is 11.3 Å². The Morgan fingerprint density at radius 3 is 2.57 bits per heavy atom. The van der Waals surface area contributed by atoms with Crippen LogP contribution in [0.15, 0.2) is 54.6 Å². The van der Waals surface area contributed by atoms with Gasteiger partial charge >= 0.3 is 133 Å². The van der Waals surface area contributed by atoms with Crippen molar-refractivity contribution in [1.29, 1.82) is 0 Å². The van der Waals surface area contributed by atoms with Crippen LogP contribution in [0.5, 0.6) is 0 Å². The van der Waals surface area contributed by atoms with Crippen LogP contribution in [0.4, 0.5) is 0 Å². The molecule has 0 aliphatic rings. The van der Waals surface area contributed by atoms with Gasteiger partial charge in [0.15, 0.2) is 0 Å². The third-order valence-electron chi connectivity index (χ3n) is 3.01. The molecule has 5 heteroatoms. The predicted octanol–water partition coefficient (Wildman–Crippen LogP) is 2.54. The van der Waals surface area contributed by atoms with Crippen LogP contribution in [-0.2, 0) is 9.53 Å². The number of aromatic nitrogens is 1. The topological polar surface area (TPSA) is 39.2 Å². The van der Waals surface area contributed by atoms with Crippen molar-refractivity contribution in [2.45, 2.75) is 4.82 Å². The van der Waals surface area contributed by atoms with E-state index in [1.807, 2.05) is 48.5 Å². The summed E-state index contributed by atoms with van der Waals surface area (Å²) in [6.45, 7) is 0. The van der Waals surface area contributed by atoms with Crippen LogP contribution >= 0.6 is 11.3 Å². The normalized spacial score (nSPS) is 12.2. The number of esters is 1. The number of benzene rings is 2. The summed E-state index contributed by atoms with van der Waals surface area (Å²) in [5.74, 6) is -0.194. The maximum atomic E-state index is 12.1. The molecule has 1 aromatic heterocycles. The summed E-state index contributed by atoms with van der Waals surface area (Å²) in [6.07, 6.45) is 0. The molecule has 2 aromatic carbocycles. The number of rotatable bonds is 4. The number of ether oxygens (including phenoxy) is 1. The zero-order chi connectivity index (χ0) is 14.7. The Morgan fingerprint density at radius 1 is 1.14 bits per heavy atom. The number of thiazole rings is 1. The van der Waals surface area contributed by atoms with E-state index in [4.69, 9.17) is 4.74 Å². The summed E-state index contributed by atoms with van der Waals surface area (Å²) in [6, 6.07) is 17.8. The molecule has 0 bridgehead atoms. The van der Waals surface area contributed by atoms with Crippen LogP contribution in [0, 0.1) is 0 Å². The van der Waals surface area contributed by atoms with Crippen LogP contribution in [0.25, 0.3) is 10.2 Å². The standard InChI is InChI=1S/C16H13NO2SSe/c1-19-15(18)14(11-7-3-2-4-8-11)21-16-17-12-9-5-6-10-13(12)20-16/h2-10,14H,1H3. The Labute approximate surface area is 133 Å². The average molecular weight is 362 g/mol. The van der Waals surface area contributed by atoms with Crippen molar-refractivity contribution in [3.05, 3.63) is 60.2 Å². The fourth-order valence-electron chi connectivity index (χ4n) is 1.99. The summed E-state index contributed by atoms with van der Waals surface area (Å²) in [7, 11) is 1.44. The molecule has 0 amide bonds. The van der Waals surface area contributed by atoms with Crippen molar-refractivity contribution in [2.75, 3.05) is 7.11 Å². The van der Waals surface area contributed by atoms with Gasteiger partial charge in [-0.05, 0) is 0 Å². The van der Waals surface area contributed by atoms with Gasteiger partial charge in [0.1, 0.15) is 0 Å². The van der Waals surface area contributed by atoms with E-state index in [-0.39, 0.29) is 25.7 Å². The number of hydrogen-bond donors (Lipinski definition) is 0. The first-order valence-corrected chi connectivity index (χ1v) is 9.09. The molecule has 0 spiro atoms. The van der Waals surface area contributed by atoms with E-state index in [0.29, 0.717) is 0 Å². The molecule has 1 unspecified atom stereocenters. The fourth-order valence-corrected chi connectivity index (χ4v) is 5.86. The third-order valence-corrected chi connectivity index (χ3v) is 6.95. The van der Waals surface area contributed by atoms with Crippen molar-refractivity contribution in [1.82, 2.24) is 4.98 Å². The zero-order valence-electron chi connectivity index (χ0n) is 11.4. The molecule has 3 nitrogen and oxygen atoms in total. The summed E-state index contributed by atoms with van der Waals surface area (Å²) >= 11 is 1.57. The van der Waals surface area contributed by atoms with Gasteiger partial charge in [0.25, 0.3) is 0 Å². The van der Waals surface area contributed by atoms with Crippen molar-refractivity contribution < 1.29 is 9.53 Å². The van der Waals surface area contributed by atoms with Gasteiger partial charge in [-0.3, -0.25) is 0 Å². The van der Waals surface area contributed by atoms with E-state index in [0.717, 1.165) is 19.7 Å². The van der Waals surface area contributed by atoms with Gasteiger partial charge < -0.3 is 0 Å². The molecule has 1 heterocycles. The third kappa shape index (κ3) is 3.16. The Balaban J connectivity index is 1.92. The van der Waals surface area contributed by atoms with Gasteiger partial charge in [0.2, 0.25) is 0 Å². The summed E-state index contributed by atoms with van der Waals surface area (Å²) in [4.78, 5) is 16.5. The Bertz CT molecular complexity index is 724. The van der Waals surface area contributed by atoms with Gasteiger partial charge in [-0.1, -0.05) is 0 Å². The molecular formula is C16H13NO2SSe. The van der Waals surface area contributed by atoms with E-state index in [9.17, 15) is 4.79 Å². The molecule has 106 valence electrons. The van der Waals surface area contributed by atoms with Crippen molar-refractivity contribution in [2.24, 2.45) is 0 Å². The molecule has 21 heavy (non-hydrogen) atoms. The van der Waals surface area contributed by atoms with Gasteiger partial charge in [-0.2, -0.15) is 0 Å². The monoisotopic (exact) mass is 363 g/mol. The van der Waals surface area contributed by atoms with E-state index in [1.165, 1.54) is 7.11 Å². The second-order valence-corrected chi connectivity index (χ2v) is 8.29. The van der Waals surface area contributed by atoms with E-state index >= 15 is 0 Å². The number of fused-ring (bicyclic) bond motifs is 1. The minimum atomic E-state index is -0.246. The van der Waals surface area contributed by atoms with Gasteiger partial charge in [0, 0.05) is 0 Å². The van der Waals surface area contributed by atoms with Crippen LogP contribution in [0.2, 0.25) is 0 Å². The molecular weight excluding hydrogens is 349 g/mol. The second kappa shape index (κ2) is 6.39. The van der Waals surface area contributed by atoms with Crippen LogP contribution < -0.4 is 3.91 Å². The molecule has 0 fully saturated rings. The van der Waals surface area contributed by atoms with Gasteiger partial charge in [0.05, 0.1) is 0 Å². The Morgan fingerprint density at radius 2 is 1.86 bits per heavy atom. The molecule has 0 N–H and O–H groups in total. The van der Waals surface area contributed by atoms with Crippen molar-refractivity contribution >= 4 is 46.4 Å². The number of nitrogens with zero attached hydrogens (tertiary/aromatic N) is 1. The summed E-state index contributed by atoms with van der Waals surface area (Å²) < 4.78 is 7.14. The maximum absolute atomic E-state index is 12.1. The van der Waals surface area contributed by atoms with Gasteiger partial charge in [-0.15, -0.1) is 0 Å². The first-order valence-electron chi connectivity index (χ1n) is 6.43. The SMILES string of the molecule is COC(=O)C([Se]c1nc2ccccc2s1)c1ccccc1. The molecule has 1 atom stereocenters. The quantitative estimate of drug-likeness (QED) is 0.529. The number of carbonyl (C=O) groups is 1. The number of para-hydroxylation sites is 1. The Hall–Kier alpha value is -1.68. The molecule has 0 radical (unpaired) electrons. The predicted molar refractivity (Wildman–Crippen MR) is 86.2 cm³/mol. The number of methoxy groups -OCH3 is 1. The first kappa shape index (κ1) is 14.3. The minimum absolute atomic E-state index is 0.0852. The zero-order valence-corrected chi connectivity index (χ0v) is 13.9. The molecule has 0 aliphatic carbocycles. The Kier molecular flexibility index (Phi) is 4.34. The number of carbonyl (C=O) groups excluding carboxylic acids is 1. The number of hydrogen-bond acceptors (Lipinski definition) is 4. The second-order valence-electron chi connectivity index (χ2n) is 4.38. The van der Waals surface area contributed by atoms with Crippen LogP contribution in [0.3, 0.4) is 0 Å². The average Bonchev–Trinajstić information content (AvgIpc) is 2.95. The van der Waals surface area contributed by atoms with Crippen molar-refractivity contribution in [3.8, 4) is 0 Å². The fraction of sp³-hybridized carbons (Fsp3) is 0.125. The summed E-state index contributed by atoms with van der Waals surface area (Å²) in [5, 5.41) is 0. The molecule has 0 saturated heterocycles.